The van der Waals surface area contributed by atoms with Crippen molar-refractivity contribution in [2.75, 3.05) is 24.5 Å². The average molecular weight is 443 g/mol. The van der Waals surface area contributed by atoms with E-state index in [4.69, 9.17) is 9.97 Å². The minimum atomic E-state index is -3.55. The molecule has 0 unspecified atom stereocenters. The van der Waals surface area contributed by atoms with E-state index in [0.29, 0.717) is 61.4 Å². The molecular weight excluding hydrogens is 412 g/mol. The van der Waals surface area contributed by atoms with Gasteiger partial charge in [-0.05, 0) is 44.7 Å². The summed E-state index contributed by atoms with van der Waals surface area (Å²) >= 11 is 0. The zero-order chi connectivity index (χ0) is 22.3. The number of fused-ring (bicyclic) bond motifs is 1. The lowest BCUT2D eigenvalue weighted by Gasteiger charge is -2.31. The molecule has 3 heterocycles. The fourth-order valence-electron chi connectivity index (χ4n) is 4.36. The third kappa shape index (κ3) is 4.23. The quantitative estimate of drug-likeness (QED) is 0.710. The normalized spacial score (nSPS) is 19.8. The summed E-state index contributed by atoms with van der Waals surface area (Å²) in [6, 6.07) is 6.95. The van der Waals surface area contributed by atoms with E-state index in [2.05, 4.69) is 13.8 Å². The topological polar surface area (TPSA) is 83.5 Å². The van der Waals surface area contributed by atoms with Gasteiger partial charge in [-0.3, -0.25) is 9.69 Å². The number of carbonyl (C=O) groups excluding carboxylic acids is 1. The fraction of sp³-hybridized carbons (Fsp3) is 0.522. The molecule has 1 saturated heterocycles. The van der Waals surface area contributed by atoms with Gasteiger partial charge in [0.25, 0.3) is 0 Å². The van der Waals surface area contributed by atoms with Gasteiger partial charge in [0.2, 0.25) is 15.9 Å². The molecule has 0 aliphatic carbocycles. The Balaban J connectivity index is 1.61. The van der Waals surface area contributed by atoms with Crippen LogP contribution in [0, 0.1) is 19.8 Å². The van der Waals surface area contributed by atoms with Crippen molar-refractivity contribution in [3.8, 4) is 0 Å². The van der Waals surface area contributed by atoms with E-state index in [0.717, 1.165) is 16.8 Å². The van der Waals surface area contributed by atoms with Gasteiger partial charge < -0.3 is 0 Å². The molecule has 0 radical (unpaired) electrons. The third-order valence-electron chi connectivity index (χ3n) is 6.08. The standard InChI is InChI=1S/C23H30N4O3S/c1-15(2)13-27-21(28)10-9-20-17(4)24-22(25-23(20)27)18-11-12-26(14-18)31(29,30)19-7-5-16(3)6-8-19/h5-8,15,18H,9-14H2,1-4H3/t18-/m1/s1. The van der Waals surface area contributed by atoms with Crippen LogP contribution < -0.4 is 4.90 Å². The number of hydrogen-bond acceptors (Lipinski definition) is 5. The van der Waals surface area contributed by atoms with Crippen LogP contribution in [0.15, 0.2) is 29.2 Å². The summed E-state index contributed by atoms with van der Waals surface area (Å²) in [5, 5.41) is 0. The molecule has 31 heavy (non-hydrogen) atoms. The second-order valence-electron chi connectivity index (χ2n) is 9.03. The Morgan fingerprint density at radius 2 is 1.81 bits per heavy atom. The van der Waals surface area contributed by atoms with Crippen LogP contribution in [0.25, 0.3) is 0 Å². The van der Waals surface area contributed by atoms with E-state index in [9.17, 15) is 13.2 Å². The molecular formula is C23H30N4O3S. The number of nitrogens with zero attached hydrogens (tertiary/aromatic N) is 4. The molecule has 0 N–H and O–H groups in total. The van der Waals surface area contributed by atoms with Crippen molar-refractivity contribution in [1.82, 2.24) is 14.3 Å². The van der Waals surface area contributed by atoms with E-state index in [1.54, 1.807) is 17.0 Å². The first-order chi connectivity index (χ1) is 14.7. The largest absolute Gasteiger partial charge is 0.296 e. The predicted octanol–water partition coefficient (Wildman–Crippen LogP) is 3.21. The van der Waals surface area contributed by atoms with Gasteiger partial charge in [0, 0.05) is 43.2 Å². The average Bonchev–Trinajstić information content (AvgIpc) is 3.21. The number of aromatic nitrogens is 2. The van der Waals surface area contributed by atoms with Crippen LogP contribution in [-0.4, -0.2) is 48.2 Å². The Labute approximate surface area is 184 Å². The summed E-state index contributed by atoms with van der Waals surface area (Å²) in [6.07, 6.45) is 1.81. The highest BCUT2D eigenvalue weighted by Crippen LogP contribution is 2.34. The van der Waals surface area contributed by atoms with Gasteiger partial charge in [-0.25, -0.2) is 18.4 Å². The van der Waals surface area contributed by atoms with Crippen LogP contribution in [0.4, 0.5) is 5.82 Å². The van der Waals surface area contributed by atoms with Gasteiger partial charge in [-0.15, -0.1) is 0 Å². The van der Waals surface area contributed by atoms with Crippen LogP contribution in [0.5, 0.6) is 0 Å². The Morgan fingerprint density at radius 3 is 2.48 bits per heavy atom. The second kappa shape index (κ2) is 8.31. The number of rotatable bonds is 5. The van der Waals surface area contributed by atoms with Crippen molar-refractivity contribution in [2.45, 2.75) is 57.8 Å². The van der Waals surface area contributed by atoms with Crippen LogP contribution in [0.3, 0.4) is 0 Å². The molecule has 0 spiro atoms. The lowest BCUT2D eigenvalue weighted by molar-refractivity contribution is -0.119. The molecule has 4 rings (SSSR count). The van der Waals surface area contributed by atoms with E-state index >= 15 is 0 Å². The van der Waals surface area contributed by atoms with E-state index in [1.165, 1.54) is 4.31 Å². The van der Waals surface area contributed by atoms with Crippen molar-refractivity contribution in [3.63, 3.8) is 0 Å². The van der Waals surface area contributed by atoms with Crippen LogP contribution in [-0.2, 0) is 21.2 Å². The molecule has 8 heteroatoms. The Morgan fingerprint density at radius 1 is 1.10 bits per heavy atom. The lowest BCUT2D eigenvalue weighted by Crippen LogP contribution is -2.39. The van der Waals surface area contributed by atoms with E-state index in [1.807, 2.05) is 26.0 Å². The van der Waals surface area contributed by atoms with Gasteiger partial charge in [-0.1, -0.05) is 31.5 Å². The molecule has 1 fully saturated rings. The number of aryl methyl sites for hydroxylation is 2. The molecule has 2 aliphatic heterocycles. The molecule has 7 nitrogen and oxygen atoms in total. The van der Waals surface area contributed by atoms with Crippen molar-refractivity contribution in [2.24, 2.45) is 5.92 Å². The van der Waals surface area contributed by atoms with Gasteiger partial charge in [-0.2, -0.15) is 4.31 Å². The van der Waals surface area contributed by atoms with Gasteiger partial charge in [0.15, 0.2) is 0 Å². The SMILES string of the molecule is Cc1ccc(S(=O)(=O)N2CC[C@@H](c3nc(C)c4c(n3)N(CC(C)C)C(=O)CC4)C2)cc1. The smallest absolute Gasteiger partial charge is 0.243 e. The zero-order valence-corrected chi connectivity index (χ0v) is 19.4. The first kappa shape index (κ1) is 21.9. The van der Waals surface area contributed by atoms with Gasteiger partial charge in [0.1, 0.15) is 11.6 Å². The minimum absolute atomic E-state index is 0.0813. The maximum absolute atomic E-state index is 13.1. The van der Waals surface area contributed by atoms with Gasteiger partial charge in [0.05, 0.1) is 4.90 Å². The molecule has 0 saturated carbocycles. The Hall–Kier alpha value is -2.32. The van der Waals surface area contributed by atoms with Gasteiger partial charge >= 0.3 is 0 Å². The zero-order valence-electron chi connectivity index (χ0n) is 18.6. The van der Waals surface area contributed by atoms with Crippen LogP contribution >= 0.6 is 0 Å². The summed E-state index contributed by atoms with van der Waals surface area (Å²) < 4.78 is 27.7. The van der Waals surface area contributed by atoms with Crippen molar-refractivity contribution in [1.29, 1.82) is 0 Å². The molecule has 166 valence electrons. The summed E-state index contributed by atoms with van der Waals surface area (Å²) in [5.74, 6) is 1.70. The minimum Gasteiger partial charge on any atom is -0.296 e. The Bertz CT molecular complexity index is 1100. The summed E-state index contributed by atoms with van der Waals surface area (Å²) in [4.78, 5) is 24.2. The number of carbonyl (C=O) groups is 1. The van der Waals surface area contributed by atoms with Crippen molar-refractivity contribution >= 4 is 21.7 Å². The first-order valence-electron chi connectivity index (χ1n) is 10.9. The highest BCUT2D eigenvalue weighted by atomic mass is 32.2. The second-order valence-corrected chi connectivity index (χ2v) is 11.0. The van der Waals surface area contributed by atoms with Crippen molar-refractivity contribution < 1.29 is 13.2 Å². The molecule has 1 aromatic carbocycles. The highest BCUT2D eigenvalue weighted by Gasteiger charge is 2.36. The molecule has 0 bridgehead atoms. The summed E-state index contributed by atoms with van der Waals surface area (Å²) in [6.45, 7) is 9.49. The lowest BCUT2D eigenvalue weighted by atomic mass is 10.0. The number of anilines is 1. The number of benzene rings is 1. The summed E-state index contributed by atoms with van der Waals surface area (Å²) in [7, 11) is -3.55. The molecule has 1 amide bonds. The molecule has 1 atom stereocenters. The Kier molecular flexibility index (Phi) is 5.87. The molecule has 2 aromatic rings. The van der Waals surface area contributed by atoms with Crippen molar-refractivity contribution in [3.05, 3.63) is 46.9 Å². The highest BCUT2D eigenvalue weighted by molar-refractivity contribution is 7.89. The molecule has 2 aliphatic rings. The number of sulfonamides is 1. The summed E-state index contributed by atoms with van der Waals surface area (Å²) in [5.41, 5.74) is 2.95. The maximum atomic E-state index is 13.1. The van der Waals surface area contributed by atoms with Crippen LogP contribution in [0.1, 0.15) is 55.3 Å². The van der Waals surface area contributed by atoms with E-state index < -0.39 is 10.0 Å². The maximum Gasteiger partial charge on any atom is 0.243 e. The molecule has 1 aromatic heterocycles. The fourth-order valence-corrected chi connectivity index (χ4v) is 5.86. The number of amides is 1. The van der Waals surface area contributed by atoms with E-state index in [-0.39, 0.29) is 11.8 Å². The first-order valence-corrected chi connectivity index (χ1v) is 12.4. The van der Waals surface area contributed by atoms with Crippen LogP contribution in [0.2, 0.25) is 0 Å². The monoisotopic (exact) mass is 442 g/mol. The number of hydrogen-bond donors (Lipinski definition) is 0. The third-order valence-corrected chi connectivity index (χ3v) is 7.96. The predicted molar refractivity (Wildman–Crippen MR) is 120 cm³/mol.